The minimum absolute atomic E-state index is 0. The maximum atomic E-state index is 5.35. The summed E-state index contributed by atoms with van der Waals surface area (Å²) in [4.78, 5) is 2.49. The summed E-state index contributed by atoms with van der Waals surface area (Å²) in [7, 11) is 2.23. The number of nitrogens with zero attached hydrogens (tertiary/aromatic N) is 1. The van der Waals surface area contributed by atoms with Crippen molar-refractivity contribution in [3.05, 3.63) is 23.3 Å². The number of halogens is 1. The number of hydrogen-bond donors (Lipinski definition) is 0. The molecule has 0 N–H and O–H groups in total. The zero-order valence-electron chi connectivity index (χ0n) is 9.36. The standard InChI is InChI=1S/C13H17N.ClH/c1-4-10(2)7-11-8-12-5-6-13(9-11)14(12)3;/h1,7-8,12-13H,5-6,9H2,2-3H3;1H/b10-7-;. The van der Waals surface area contributed by atoms with Crippen LogP contribution in [0.2, 0.25) is 0 Å². The van der Waals surface area contributed by atoms with E-state index < -0.39 is 0 Å². The van der Waals surface area contributed by atoms with E-state index in [1.165, 1.54) is 24.8 Å². The lowest BCUT2D eigenvalue weighted by Gasteiger charge is -2.29. The number of hydrogen-bond acceptors (Lipinski definition) is 1. The molecule has 2 heteroatoms. The van der Waals surface area contributed by atoms with Gasteiger partial charge in [0.15, 0.2) is 0 Å². The van der Waals surface area contributed by atoms with Gasteiger partial charge >= 0.3 is 0 Å². The van der Waals surface area contributed by atoms with E-state index in [0.29, 0.717) is 6.04 Å². The van der Waals surface area contributed by atoms with E-state index in [-0.39, 0.29) is 12.4 Å². The van der Waals surface area contributed by atoms with Crippen molar-refractivity contribution in [2.45, 2.75) is 38.3 Å². The molecule has 0 aromatic carbocycles. The average molecular weight is 224 g/mol. The molecule has 2 rings (SSSR count). The van der Waals surface area contributed by atoms with Crippen LogP contribution in [0.3, 0.4) is 0 Å². The number of fused-ring (bicyclic) bond motifs is 2. The van der Waals surface area contributed by atoms with Crippen molar-refractivity contribution in [3.63, 3.8) is 0 Å². The summed E-state index contributed by atoms with van der Waals surface area (Å²) in [6.45, 7) is 2.00. The first-order valence-corrected chi connectivity index (χ1v) is 5.28. The summed E-state index contributed by atoms with van der Waals surface area (Å²) in [6.07, 6.45) is 13.7. The molecule has 0 aromatic rings. The van der Waals surface area contributed by atoms with Crippen LogP contribution in [0.15, 0.2) is 23.3 Å². The van der Waals surface area contributed by atoms with E-state index in [2.05, 4.69) is 30.0 Å². The molecule has 1 fully saturated rings. The van der Waals surface area contributed by atoms with Gasteiger partial charge in [0.1, 0.15) is 0 Å². The van der Waals surface area contributed by atoms with Crippen molar-refractivity contribution in [2.24, 2.45) is 0 Å². The highest BCUT2D eigenvalue weighted by Gasteiger charge is 2.32. The van der Waals surface area contributed by atoms with E-state index in [9.17, 15) is 0 Å². The SMILES string of the molecule is C#C/C(C)=C\C1=CC2CCC(C1)N2C.Cl. The van der Waals surface area contributed by atoms with E-state index in [1.54, 1.807) is 0 Å². The zero-order valence-corrected chi connectivity index (χ0v) is 10.2. The molecule has 2 bridgehead atoms. The summed E-state index contributed by atoms with van der Waals surface area (Å²) < 4.78 is 0. The Morgan fingerprint density at radius 1 is 1.60 bits per heavy atom. The highest BCUT2D eigenvalue weighted by molar-refractivity contribution is 5.85. The van der Waals surface area contributed by atoms with Gasteiger partial charge in [-0.15, -0.1) is 18.8 Å². The number of likely N-dealkylation sites (N-methyl/N-ethyl adjacent to an activating group) is 1. The maximum Gasteiger partial charge on any atom is 0.0284 e. The quantitative estimate of drug-likeness (QED) is 0.618. The van der Waals surface area contributed by atoms with Gasteiger partial charge in [-0.05, 0) is 50.5 Å². The second kappa shape index (κ2) is 4.88. The Morgan fingerprint density at radius 2 is 2.33 bits per heavy atom. The van der Waals surface area contributed by atoms with Gasteiger partial charge in [-0.25, -0.2) is 0 Å². The molecule has 0 radical (unpaired) electrons. The van der Waals surface area contributed by atoms with E-state index in [4.69, 9.17) is 6.42 Å². The predicted octanol–water partition coefficient (Wildman–Crippen LogP) is 2.78. The second-order valence-corrected chi connectivity index (χ2v) is 4.38. The monoisotopic (exact) mass is 223 g/mol. The summed E-state index contributed by atoms with van der Waals surface area (Å²) >= 11 is 0. The number of rotatable bonds is 1. The molecule has 2 heterocycles. The molecule has 0 spiro atoms. The van der Waals surface area contributed by atoms with Crippen molar-refractivity contribution >= 4 is 12.4 Å². The predicted molar refractivity (Wildman–Crippen MR) is 67.1 cm³/mol. The third-order valence-electron chi connectivity index (χ3n) is 3.40. The van der Waals surface area contributed by atoms with E-state index in [1.807, 2.05) is 6.92 Å². The Balaban J connectivity index is 0.00000112. The van der Waals surface area contributed by atoms with Crippen molar-refractivity contribution in [3.8, 4) is 12.3 Å². The topological polar surface area (TPSA) is 3.24 Å². The Morgan fingerprint density at radius 3 is 2.93 bits per heavy atom. The smallest absolute Gasteiger partial charge is 0.0284 e. The first-order valence-electron chi connectivity index (χ1n) is 5.28. The minimum atomic E-state index is 0. The lowest BCUT2D eigenvalue weighted by Crippen LogP contribution is -2.34. The molecule has 0 aromatic heterocycles. The fourth-order valence-electron chi connectivity index (χ4n) is 2.50. The van der Waals surface area contributed by atoms with Gasteiger partial charge in [0.2, 0.25) is 0 Å². The Labute approximate surface area is 98.6 Å². The highest BCUT2D eigenvalue weighted by atomic mass is 35.5. The molecule has 1 nitrogen and oxygen atoms in total. The van der Waals surface area contributed by atoms with E-state index >= 15 is 0 Å². The van der Waals surface area contributed by atoms with Gasteiger partial charge < -0.3 is 0 Å². The summed E-state index contributed by atoms with van der Waals surface area (Å²) in [5.74, 6) is 2.68. The molecule has 2 atom stereocenters. The molecular formula is C13H18ClN. The molecule has 2 unspecified atom stereocenters. The molecule has 1 saturated heterocycles. The largest absolute Gasteiger partial charge is 0.297 e. The third kappa shape index (κ3) is 2.45. The molecule has 0 amide bonds. The van der Waals surface area contributed by atoms with Gasteiger partial charge in [-0.2, -0.15) is 0 Å². The van der Waals surface area contributed by atoms with Crippen LogP contribution in [0.1, 0.15) is 26.2 Å². The van der Waals surface area contributed by atoms with Gasteiger partial charge in [-0.3, -0.25) is 4.90 Å². The molecule has 0 aliphatic carbocycles. The fraction of sp³-hybridized carbons (Fsp3) is 0.538. The Hall–Kier alpha value is -0.710. The van der Waals surface area contributed by atoms with Crippen LogP contribution in [-0.4, -0.2) is 24.0 Å². The van der Waals surface area contributed by atoms with Crippen LogP contribution in [0.25, 0.3) is 0 Å². The number of terminal acetylenes is 1. The molecule has 15 heavy (non-hydrogen) atoms. The van der Waals surface area contributed by atoms with Crippen LogP contribution in [0, 0.1) is 12.3 Å². The summed E-state index contributed by atoms with van der Waals surface area (Å²) in [5.41, 5.74) is 2.48. The molecule has 2 aliphatic heterocycles. The van der Waals surface area contributed by atoms with Crippen LogP contribution in [-0.2, 0) is 0 Å². The molecular weight excluding hydrogens is 206 g/mol. The zero-order chi connectivity index (χ0) is 10.1. The van der Waals surface area contributed by atoms with Gasteiger partial charge in [0, 0.05) is 12.1 Å². The van der Waals surface area contributed by atoms with Gasteiger partial charge in [0.25, 0.3) is 0 Å². The Kier molecular flexibility index (Phi) is 4.02. The van der Waals surface area contributed by atoms with Crippen LogP contribution >= 0.6 is 12.4 Å². The molecule has 82 valence electrons. The van der Waals surface area contributed by atoms with Crippen LogP contribution < -0.4 is 0 Å². The van der Waals surface area contributed by atoms with E-state index in [0.717, 1.165) is 11.6 Å². The van der Waals surface area contributed by atoms with Crippen molar-refractivity contribution < 1.29 is 0 Å². The van der Waals surface area contributed by atoms with Gasteiger partial charge in [0.05, 0.1) is 0 Å². The second-order valence-electron chi connectivity index (χ2n) is 4.38. The van der Waals surface area contributed by atoms with Gasteiger partial charge in [-0.1, -0.05) is 12.0 Å². The highest BCUT2D eigenvalue weighted by Crippen LogP contribution is 2.33. The maximum absolute atomic E-state index is 5.35. The Bertz CT molecular complexity index is 335. The lowest BCUT2D eigenvalue weighted by atomic mass is 10.00. The number of allylic oxidation sites excluding steroid dienone is 2. The normalized spacial score (nSPS) is 30.5. The summed E-state index contributed by atoms with van der Waals surface area (Å²) in [6, 6.07) is 1.41. The van der Waals surface area contributed by atoms with Crippen molar-refractivity contribution in [1.29, 1.82) is 0 Å². The summed E-state index contributed by atoms with van der Waals surface area (Å²) in [5, 5.41) is 0. The molecule has 2 aliphatic rings. The third-order valence-corrected chi connectivity index (χ3v) is 3.40. The average Bonchev–Trinajstić information content (AvgIpc) is 2.42. The van der Waals surface area contributed by atoms with Crippen molar-refractivity contribution in [2.75, 3.05) is 7.05 Å². The van der Waals surface area contributed by atoms with Crippen LogP contribution in [0.4, 0.5) is 0 Å². The minimum Gasteiger partial charge on any atom is -0.297 e. The van der Waals surface area contributed by atoms with Crippen molar-refractivity contribution in [1.82, 2.24) is 4.90 Å². The van der Waals surface area contributed by atoms with Crippen LogP contribution in [0.5, 0.6) is 0 Å². The first-order chi connectivity index (χ1) is 6.70. The first kappa shape index (κ1) is 12.4. The fourth-order valence-corrected chi connectivity index (χ4v) is 2.50. The molecule has 0 saturated carbocycles. The lowest BCUT2D eigenvalue weighted by molar-refractivity contribution is 0.256.